The van der Waals surface area contributed by atoms with Crippen LogP contribution in [0.2, 0.25) is 0 Å². The lowest BCUT2D eigenvalue weighted by atomic mass is 10.1. The summed E-state index contributed by atoms with van der Waals surface area (Å²) in [6.07, 6.45) is 2.18. The van der Waals surface area contributed by atoms with Gasteiger partial charge in [-0.3, -0.25) is 4.98 Å². The smallest absolute Gasteiger partial charge is 0.0716 e. The van der Waals surface area contributed by atoms with Crippen molar-refractivity contribution in [3.05, 3.63) is 40.0 Å². The molecule has 86 valence electrons. The summed E-state index contributed by atoms with van der Waals surface area (Å²) in [5.41, 5.74) is 3.52. The third-order valence-corrected chi connectivity index (χ3v) is 3.13. The molecule has 0 saturated heterocycles. The second-order valence-corrected chi connectivity index (χ2v) is 4.72. The fraction of sp³-hybridized carbons (Fsp3) is 0.308. The van der Waals surface area contributed by atoms with Gasteiger partial charge in [0.1, 0.15) is 0 Å². The van der Waals surface area contributed by atoms with Crippen molar-refractivity contribution in [1.29, 1.82) is 0 Å². The van der Waals surface area contributed by atoms with Crippen LogP contribution in [0.25, 0.3) is 10.9 Å². The van der Waals surface area contributed by atoms with Gasteiger partial charge in [0, 0.05) is 15.6 Å². The predicted molar refractivity (Wildman–Crippen MR) is 78.5 cm³/mol. The molecule has 0 bridgehead atoms. The van der Waals surface area contributed by atoms with Crippen LogP contribution in [0.1, 0.15) is 24.6 Å². The van der Waals surface area contributed by atoms with E-state index in [1.807, 2.05) is 0 Å². The average Bonchev–Trinajstić information content (AvgIpc) is 2.20. The molecule has 0 radical (unpaired) electrons. The Bertz CT molecular complexity index is 495. The largest absolute Gasteiger partial charge is 0.253 e. The van der Waals surface area contributed by atoms with Crippen LogP contribution in [0, 0.1) is 6.92 Å². The van der Waals surface area contributed by atoms with Crippen molar-refractivity contribution < 1.29 is 0 Å². The summed E-state index contributed by atoms with van der Waals surface area (Å²) < 4.78 is 1.15. The SMILES string of the molecule is Br.CCCc1cc(Br)c2cc(C)ccc2n1. The molecule has 1 nitrogen and oxygen atoms in total. The zero-order valence-electron chi connectivity index (χ0n) is 9.46. The standard InChI is InChI=1S/C13H14BrN.BrH/c1-3-4-10-8-12(14)11-7-9(2)5-6-13(11)15-10;/h5-8H,3-4H2,1-2H3;1H. The molecule has 1 heterocycles. The number of fused-ring (bicyclic) bond motifs is 1. The molecule has 0 unspecified atom stereocenters. The van der Waals surface area contributed by atoms with Gasteiger partial charge >= 0.3 is 0 Å². The van der Waals surface area contributed by atoms with Crippen LogP contribution in [-0.2, 0) is 6.42 Å². The average molecular weight is 345 g/mol. The van der Waals surface area contributed by atoms with E-state index in [-0.39, 0.29) is 17.0 Å². The van der Waals surface area contributed by atoms with Crippen molar-refractivity contribution in [2.24, 2.45) is 0 Å². The highest BCUT2D eigenvalue weighted by Gasteiger charge is 2.03. The zero-order chi connectivity index (χ0) is 10.8. The Balaban J connectivity index is 0.00000128. The molecule has 0 spiro atoms. The summed E-state index contributed by atoms with van der Waals surface area (Å²) in [4.78, 5) is 4.64. The van der Waals surface area contributed by atoms with Crippen LogP contribution in [0.15, 0.2) is 28.7 Å². The van der Waals surface area contributed by atoms with E-state index in [4.69, 9.17) is 0 Å². The zero-order valence-corrected chi connectivity index (χ0v) is 12.8. The first-order chi connectivity index (χ1) is 7.20. The molecule has 1 aromatic heterocycles. The van der Waals surface area contributed by atoms with Crippen LogP contribution < -0.4 is 0 Å². The first kappa shape index (κ1) is 13.7. The molecule has 0 amide bonds. The van der Waals surface area contributed by atoms with Crippen molar-refractivity contribution >= 4 is 43.8 Å². The maximum atomic E-state index is 4.64. The molecule has 2 aromatic rings. The van der Waals surface area contributed by atoms with E-state index in [1.165, 1.54) is 16.6 Å². The summed E-state index contributed by atoms with van der Waals surface area (Å²) in [6, 6.07) is 8.50. The van der Waals surface area contributed by atoms with Crippen LogP contribution in [0.3, 0.4) is 0 Å². The van der Waals surface area contributed by atoms with Crippen molar-refractivity contribution in [1.82, 2.24) is 4.98 Å². The minimum Gasteiger partial charge on any atom is -0.253 e. The molecular weight excluding hydrogens is 330 g/mol. The molecule has 0 aliphatic carbocycles. The fourth-order valence-corrected chi connectivity index (χ4v) is 2.32. The molecule has 0 N–H and O–H groups in total. The Labute approximate surface area is 115 Å². The van der Waals surface area contributed by atoms with E-state index in [0.29, 0.717) is 0 Å². The third-order valence-electron chi connectivity index (χ3n) is 2.47. The summed E-state index contributed by atoms with van der Waals surface area (Å²) in [6.45, 7) is 4.28. The van der Waals surface area contributed by atoms with Gasteiger partial charge in [0.25, 0.3) is 0 Å². The molecule has 1 aromatic carbocycles. The van der Waals surface area contributed by atoms with E-state index in [0.717, 1.165) is 22.8 Å². The monoisotopic (exact) mass is 343 g/mol. The number of benzene rings is 1. The topological polar surface area (TPSA) is 12.9 Å². The molecule has 0 atom stereocenters. The van der Waals surface area contributed by atoms with Gasteiger partial charge in [-0.15, -0.1) is 17.0 Å². The summed E-state index contributed by atoms with van der Waals surface area (Å²) in [5, 5.41) is 1.20. The third kappa shape index (κ3) is 2.83. The number of pyridine rings is 1. The van der Waals surface area contributed by atoms with Gasteiger partial charge in [0.2, 0.25) is 0 Å². The van der Waals surface area contributed by atoms with E-state index in [1.54, 1.807) is 0 Å². The predicted octanol–water partition coefficient (Wildman–Crippen LogP) is 4.84. The summed E-state index contributed by atoms with van der Waals surface area (Å²) in [7, 11) is 0. The normalized spacial score (nSPS) is 10.2. The molecule has 0 fully saturated rings. The number of aryl methyl sites for hydroxylation is 2. The Hall–Kier alpha value is -0.410. The quantitative estimate of drug-likeness (QED) is 0.759. The van der Waals surface area contributed by atoms with E-state index < -0.39 is 0 Å². The molecule has 0 saturated carbocycles. The second kappa shape index (κ2) is 5.78. The van der Waals surface area contributed by atoms with E-state index in [2.05, 4.69) is 59.0 Å². The van der Waals surface area contributed by atoms with Gasteiger partial charge in [-0.25, -0.2) is 0 Å². The second-order valence-electron chi connectivity index (χ2n) is 3.87. The number of hydrogen-bond donors (Lipinski definition) is 0. The van der Waals surface area contributed by atoms with Crippen LogP contribution >= 0.6 is 32.9 Å². The van der Waals surface area contributed by atoms with Crippen LogP contribution in [0.4, 0.5) is 0 Å². The minimum absolute atomic E-state index is 0. The fourth-order valence-electron chi connectivity index (χ4n) is 1.73. The van der Waals surface area contributed by atoms with Crippen LogP contribution in [0.5, 0.6) is 0 Å². The Kier molecular flexibility index (Phi) is 4.93. The maximum Gasteiger partial charge on any atom is 0.0716 e. The van der Waals surface area contributed by atoms with E-state index in [9.17, 15) is 0 Å². The number of nitrogens with zero attached hydrogens (tertiary/aromatic N) is 1. The molecule has 0 aliphatic heterocycles. The number of aromatic nitrogens is 1. The highest BCUT2D eigenvalue weighted by Crippen LogP contribution is 2.24. The van der Waals surface area contributed by atoms with Gasteiger partial charge in [0.05, 0.1) is 5.52 Å². The lowest BCUT2D eigenvalue weighted by Gasteiger charge is -2.05. The van der Waals surface area contributed by atoms with Crippen molar-refractivity contribution in [2.75, 3.05) is 0 Å². The molecular formula is C13H15Br2N. The van der Waals surface area contributed by atoms with Crippen molar-refractivity contribution in [2.45, 2.75) is 26.7 Å². The summed E-state index contributed by atoms with van der Waals surface area (Å²) >= 11 is 3.61. The number of halogens is 2. The van der Waals surface area contributed by atoms with Crippen molar-refractivity contribution in [3.63, 3.8) is 0 Å². The highest BCUT2D eigenvalue weighted by molar-refractivity contribution is 9.10. The number of hydrogen-bond acceptors (Lipinski definition) is 1. The Morgan fingerprint density at radius 2 is 2.00 bits per heavy atom. The Morgan fingerprint density at radius 3 is 2.69 bits per heavy atom. The molecule has 3 heteroatoms. The van der Waals surface area contributed by atoms with Gasteiger partial charge in [-0.1, -0.05) is 40.9 Å². The molecule has 0 aliphatic rings. The first-order valence-corrected chi connectivity index (χ1v) is 6.06. The van der Waals surface area contributed by atoms with Crippen molar-refractivity contribution in [3.8, 4) is 0 Å². The lowest BCUT2D eigenvalue weighted by Crippen LogP contribution is -1.91. The van der Waals surface area contributed by atoms with Gasteiger partial charge in [0.15, 0.2) is 0 Å². The highest BCUT2D eigenvalue weighted by atomic mass is 79.9. The molecule has 16 heavy (non-hydrogen) atoms. The van der Waals surface area contributed by atoms with E-state index >= 15 is 0 Å². The van der Waals surface area contributed by atoms with Gasteiger partial charge < -0.3 is 0 Å². The lowest BCUT2D eigenvalue weighted by molar-refractivity contribution is 0.889. The maximum absolute atomic E-state index is 4.64. The molecule has 2 rings (SSSR count). The number of rotatable bonds is 2. The van der Waals surface area contributed by atoms with Gasteiger partial charge in [-0.05, 0) is 31.5 Å². The van der Waals surface area contributed by atoms with Gasteiger partial charge in [-0.2, -0.15) is 0 Å². The van der Waals surface area contributed by atoms with Crippen LogP contribution in [-0.4, -0.2) is 4.98 Å². The first-order valence-electron chi connectivity index (χ1n) is 5.26. The minimum atomic E-state index is 0. The Morgan fingerprint density at radius 1 is 1.25 bits per heavy atom. The summed E-state index contributed by atoms with van der Waals surface area (Å²) in [5.74, 6) is 0.